The van der Waals surface area contributed by atoms with E-state index in [1.807, 2.05) is 0 Å². The van der Waals surface area contributed by atoms with Crippen LogP contribution >= 0.6 is 15.9 Å². The number of ether oxygens (including phenoxy) is 1. The number of ketones is 1. The van der Waals surface area contributed by atoms with Crippen LogP contribution in [0.1, 0.15) is 23.2 Å². The highest BCUT2D eigenvalue weighted by Gasteiger charge is 2.09. The Bertz CT molecular complexity index is 741. The average Bonchev–Trinajstić information content (AvgIpc) is 2.55. The van der Waals surface area contributed by atoms with Gasteiger partial charge in [-0.1, -0.05) is 15.9 Å². The second kappa shape index (κ2) is 8.26. The molecule has 2 rings (SSSR count). The zero-order valence-corrected chi connectivity index (χ0v) is 14.1. The van der Waals surface area contributed by atoms with Crippen molar-refractivity contribution >= 4 is 39.5 Å². The molecular weight excluding hydrogens is 378 g/mol. The Balaban J connectivity index is 1.91. The van der Waals surface area contributed by atoms with Crippen molar-refractivity contribution in [3.05, 3.63) is 58.6 Å². The van der Waals surface area contributed by atoms with Crippen molar-refractivity contribution in [2.75, 3.05) is 5.32 Å². The highest BCUT2D eigenvalue weighted by Crippen LogP contribution is 2.17. The molecule has 0 atom stereocenters. The van der Waals surface area contributed by atoms with Crippen molar-refractivity contribution < 1.29 is 24.2 Å². The summed E-state index contributed by atoms with van der Waals surface area (Å²) in [5.41, 5.74) is 0.856. The third-order valence-corrected chi connectivity index (χ3v) is 3.57. The Hall–Kier alpha value is -2.67. The van der Waals surface area contributed by atoms with E-state index in [2.05, 4.69) is 21.2 Å². The van der Waals surface area contributed by atoms with Crippen molar-refractivity contribution in [3.8, 4) is 5.75 Å². The second-order valence-electron chi connectivity index (χ2n) is 4.86. The molecular formula is C17H14BrNO5. The lowest BCUT2D eigenvalue weighted by atomic mass is 10.1. The molecule has 124 valence electrons. The first-order valence-electron chi connectivity index (χ1n) is 7.03. The van der Waals surface area contributed by atoms with Gasteiger partial charge in [0.1, 0.15) is 5.75 Å². The number of anilines is 1. The lowest BCUT2D eigenvalue weighted by Crippen LogP contribution is -2.16. The van der Waals surface area contributed by atoms with Gasteiger partial charge in [0, 0.05) is 22.1 Å². The monoisotopic (exact) mass is 391 g/mol. The van der Waals surface area contributed by atoms with E-state index in [-0.39, 0.29) is 18.6 Å². The number of aliphatic carboxylic acids is 1. The predicted octanol–water partition coefficient (Wildman–Crippen LogP) is 4.11. The molecule has 0 heterocycles. The molecule has 2 aromatic carbocycles. The van der Waals surface area contributed by atoms with Crippen molar-refractivity contribution in [3.63, 3.8) is 0 Å². The SMILES string of the molecule is O=C(O)CCC(=O)c1ccc(NC(=O)Oc2ccc(Br)cc2)cc1. The Morgan fingerprint density at radius 2 is 1.58 bits per heavy atom. The van der Waals surface area contributed by atoms with Crippen LogP contribution in [0.4, 0.5) is 10.5 Å². The van der Waals surface area contributed by atoms with Crippen LogP contribution in [0.25, 0.3) is 0 Å². The van der Waals surface area contributed by atoms with E-state index in [9.17, 15) is 14.4 Å². The fourth-order valence-corrected chi connectivity index (χ4v) is 2.12. The summed E-state index contributed by atoms with van der Waals surface area (Å²) in [4.78, 5) is 34.0. The van der Waals surface area contributed by atoms with Gasteiger partial charge in [-0.3, -0.25) is 14.9 Å². The van der Waals surface area contributed by atoms with E-state index in [4.69, 9.17) is 9.84 Å². The average molecular weight is 392 g/mol. The van der Waals surface area contributed by atoms with Crippen LogP contribution in [0.3, 0.4) is 0 Å². The number of carbonyl (C=O) groups excluding carboxylic acids is 2. The second-order valence-corrected chi connectivity index (χ2v) is 5.78. The summed E-state index contributed by atoms with van der Waals surface area (Å²) >= 11 is 3.29. The number of halogens is 1. The third-order valence-electron chi connectivity index (χ3n) is 3.04. The minimum Gasteiger partial charge on any atom is -0.481 e. The summed E-state index contributed by atoms with van der Waals surface area (Å²) in [5.74, 6) is -0.880. The summed E-state index contributed by atoms with van der Waals surface area (Å²) in [7, 11) is 0. The molecule has 0 unspecified atom stereocenters. The number of carboxylic acids is 1. The van der Waals surface area contributed by atoms with Crippen LogP contribution in [-0.2, 0) is 4.79 Å². The van der Waals surface area contributed by atoms with Gasteiger partial charge in [-0.05, 0) is 48.5 Å². The number of nitrogens with one attached hydrogen (secondary N) is 1. The molecule has 24 heavy (non-hydrogen) atoms. The summed E-state index contributed by atoms with van der Waals surface area (Å²) in [5, 5.41) is 11.1. The molecule has 0 radical (unpaired) electrons. The number of hydrogen-bond acceptors (Lipinski definition) is 4. The Labute approximate surface area is 146 Å². The molecule has 0 saturated heterocycles. The standard InChI is InChI=1S/C17H14BrNO5/c18-12-3-7-14(8-4-12)24-17(23)19-13-5-1-11(2-6-13)15(20)9-10-16(21)22/h1-8H,9-10H2,(H,19,23)(H,21,22). The maximum absolute atomic E-state index is 11.8. The molecule has 1 amide bonds. The van der Waals surface area contributed by atoms with Gasteiger partial charge in [0.15, 0.2) is 5.78 Å². The summed E-state index contributed by atoms with van der Waals surface area (Å²) in [6.45, 7) is 0. The van der Waals surface area contributed by atoms with Crippen LogP contribution in [0.2, 0.25) is 0 Å². The van der Waals surface area contributed by atoms with Crippen molar-refractivity contribution in [1.29, 1.82) is 0 Å². The van der Waals surface area contributed by atoms with Crippen molar-refractivity contribution in [2.45, 2.75) is 12.8 Å². The molecule has 0 spiro atoms. The molecule has 2 aromatic rings. The summed E-state index contributed by atoms with van der Waals surface area (Å²) in [6.07, 6.45) is -0.922. The smallest absolute Gasteiger partial charge is 0.417 e. The highest BCUT2D eigenvalue weighted by atomic mass is 79.9. The molecule has 0 bridgehead atoms. The van der Waals surface area contributed by atoms with E-state index < -0.39 is 12.1 Å². The van der Waals surface area contributed by atoms with Crippen molar-refractivity contribution in [1.82, 2.24) is 0 Å². The van der Waals surface area contributed by atoms with Gasteiger partial charge in [-0.15, -0.1) is 0 Å². The third kappa shape index (κ3) is 5.51. The molecule has 0 aliphatic rings. The first kappa shape index (κ1) is 17.7. The van der Waals surface area contributed by atoms with Gasteiger partial charge in [0.05, 0.1) is 6.42 Å². The Morgan fingerprint density at radius 1 is 0.958 bits per heavy atom. The van der Waals surface area contributed by atoms with E-state index >= 15 is 0 Å². The minimum absolute atomic E-state index is 0.0618. The van der Waals surface area contributed by atoms with Gasteiger partial charge in [0.25, 0.3) is 0 Å². The topological polar surface area (TPSA) is 92.7 Å². The molecule has 0 saturated carbocycles. The normalized spacial score (nSPS) is 10.0. The number of rotatable bonds is 6. The van der Waals surface area contributed by atoms with Gasteiger partial charge < -0.3 is 9.84 Å². The van der Waals surface area contributed by atoms with E-state index in [1.165, 1.54) is 12.1 Å². The minimum atomic E-state index is -1.02. The first-order chi connectivity index (χ1) is 11.4. The van der Waals surface area contributed by atoms with Gasteiger partial charge in [-0.25, -0.2) is 4.79 Å². The summed E-state index contributed by atoms with van der Waals surface area (Å²) in [6, 6.07) is 13.0. The first-order valence-corrected chi connectivity index (χ1v) is 7.83. The maximum atomic E-state index is 11.8. The predicted molar refractivity (Wildman–Crippen MR) is 91.4 cm³/mol. The number of hydrogen-bond donors (Lipinski definition) is 2. The highest BCUT2D eigenvalue weighted by molar-refractivity contribution is 9.10. The molecule has 7 heteroatoms. The fraction of sp³-hybridized carbons (Fsp3) is 0.118. The maximum Gasteiger partial charge on any atom is 0.417 e. The number of carbonyl (C=O) groups is 3. The van der Waals surface area contributed by atoms with Gasteiger partial charge >= 0.3 is 12.1 Å². The van der Waals surface area contributed by atoms with Gasteiger partial charge in [-0.2, -0.15) is 0 Å². The van der Waals surface area contributed by atoms with E-state index in [0.29, 0.717) is 17.0 Å². The number of Topliss-reactive ketones (excluding diaryl/α,β-unsaturated/α-hetero) is 1. The molecule has 0 aromatic heterocycles. The number of carboxylic acid groups (broad SMARTS) is 1. The van der Waals surface area contributed by atoms with E-state index in [1.54, 1.807) is 36.4 Å². The molecule has 0 fully saturated rings. The van der Waals surface area contributed by atoms with Crippen molar-refractivity contribution in [2.24, 2.45) is 0 Å². The molecule has 0 aliphatic carbocycles. The zero-order valence-electron chi connectivity index (χ0n) is 12.5. The van der Waals surface area contributed by atoms with E-state index in [0.717, 1.165) is 4.47 Å². The molecule has 0 aliphatic heterocycles. The van der Waals surface area contributed by atoms with Crippen LogP contribution in [-0.4, -0.2) is 23.0 Å². The Morgan fingerprint density at radius 3 is 2.17 bits per heavy atom. The molecule has 2 N–H and O–H groups in total. The van der Waals surface area contributed by atoms with Crippen LogP contribution in [0, 0.1) is 0 Å². The van der Waals surface area contributed by atoms with Crippen LogP contribution in [0.15, 0.2) is 53.0 Å². The van der Waals surface area contributed by atoms with Gasteiger partial charge in [0.2, 0.25) is 0 Å². The summed E-state index contributed by atoms with van der Waals surface area (Å²) < 4.78 is 5.99. The Kier molecular flexibility index (Phi) is 6.08. The fourth-order valence-electron chi connectivity index (χ4n) is 1.86. The van der Waals surface area contributed by atoms with Crippen LogP contribution < -0.4 is 10.1 Å². The van der Waals surface area contributed by atoms with Crippen LogP contribution in [0.5, 0.6) is 5.75 Å². The number of amides is 1. The lowest BCUT2D eigenvalue weighted by Gasteiger charge is -2.07. The molecule has 6 nitrogen and oxygen atoms in total. The number of benzene rings is 2. The quantitative estimate of drug-likeness (QED) is 0.722. The zero-order chi connectivity index (χ0) is 17.5. The lowest BCUT2D eigenvalue weighted by molar-refractivity contribution is -0.136. The largest absolute Gasteiger partial charge is 0.481 e.